The summed E-state index contributed by atoms with van der Waals surface area (Å²) in [5.41, 5.74) is 6.60. The molecule has 2 heterocycles. The Balaban J connectivity index is 2.18. The summed E-state index contributed by atoms with van der Waals surface area (Å²) in [5.74, 6) is 0. The van der Waals surface area contributed by atoms with Crippen molar-refractivity contribution in [2.45, 2.75) is 6.42 Å². The van der Waals surface area contributed by atoms with Crippen molar-refractivity contribution < 1.29 is 0 Å². The van der Waals surface area contributed by atoms with Gasteiger partial charge in [-0.25, -0.2) is 4.98 Å². The van der Waals surface area contributed by atoms with Gasteiger partial charge in [0, 0.05) is 29.9 Å². The fourth-order valence-electron chi connectivity index (χ4n) is 1.16. The zero-order valence-electron chi connectivity index (χ0n) is 7.27. The smallest absolute Gasteiger partial charge is 0.180 e. The number of aromatic nitrogens is 2. The fourth-order valence-corrected chi connectivity index (χ4v) is 2.07. The van der Waals surface area contributed by atoms with Gasteiger partial charge in [0.1, 0.15) is 0 Å². The molecule has 14 heavy (non-hydrogen) atoms. The number of nitrogens with two attached hydrogens (primary N) is 1. The Labute approximate surface area is 90.6 Å². The third kappa shape index (κ3) is 2.21. The number of rotatable bonds is 2. The van der Waals surface area contributed by atoms with E-state index in [9.17, 15) is 0 Å². The van der Waals surface area contributed by atoms with E-state index in [4.69, 9.17) is 17.3 Å². The fraction of sp³-hybridized carbons (Fsp3) is 0.111. The van der Waals surface area contributed by atoms with E-state index in [0.29, 0.717) is 10.2 Å². The molecule has 0 saturated heterocycles. The second kappa shape index (κ2) is 3.94. The molecule has 0 aliphatic rings. The van der Waals surface area contributed by atoms with Crippen LogP contribution >= 0.6 is 22.9 Å². The molecule has 0 bridgehead atoms. The molecule has 2 aromatic heterocycles. The summed E-state index contributed by atoms with van der Waals surface area (Å²) in [4.78, 5) is 9.10. The number of thiazole rings is 1. The minimum atomic E-state index is 0.593. The molecule has 0 aliphatic heterocycles. The van der Waals surface area contributed by atoms with Gasteiger partial charge in [0.05, 0.1) is 5.02 Å². The third-order valence-corrected chi connectivity index (χ3v) is 2.74. The van der Waals surface area contributed by atoms with Gasteiger partial charge in [-0.3, -0.25) is 4.98 Å². The molecule has 0 aliphatic carbocycles. The van der Waals surface area contributed by atoms with Gasteiger partial charge in [0.25, 0.3) is 0 Å². The summed E-state index contributed by atoms with van der Waals surface area (Å²) in [6.07, 6.45) is 5.97. The molecule has 0 saturated carbocycles. The molecular weight excluding hydrogens is 218 g/mol. The molecule has 0 amide bonds. The van der Waals surface area contributed by atoms with Crippen LogP contribution in [0.1, 0.15) is 10.4 Å². The maximum atomic E-state index is 5.82. The first-order valence-corrected chi connectivity index (χ1v) is 5.23. The molecule has 72 valence electrons. The highest BCUT2D eigenvalue weighted by Gasteiger charge is 2.01. The van der Waals surface area contributed by atoms with E-state index in [-0.39, 0.29) is 0 Å². The Bertz CT molecular complexity index is 441. The number of pyridine rings is 1. The summed E-state index contributed by atoms with van der Waals surface area (Å²) < 4.78 is 0. The van der Waals surface area contributed by atoms with E-state index >= 15 is 0 Å². The molecule has 0 atom stereocenters. The highest BCUT2D eigenvalue weighted by molar-refractivity contribution is 7.15. The van der Waals surface area contributed by atoms with Crippen molar-refractivity contribution in [2.75, 3.05) is 5.73 Å². The molecule has 0 aromatic carbocycles. The Morgan fingerprint density at radius 1 is 1.36 bits per heavy atom. The SMILES string of the molecule is Nc1ncc(Cc2cncc(Cl)c2)s1. The van der Waals surface area contributed by atoms with Crippen LogP contribution < -0.4 is 5.73 Å². The van der Waals surface area contributed by atoms with Gasteiger partial charge >= 0.3 is 0 Å². The van der Waals surface area contributed by atoms with Crippen LogP contribution in [0.5, 0.6) is 0 Å². The predicted molar refractivity (Wildman–Crippen MR) is 58.6 cm³/mol. The Kier molecular flexibility index (Phi) is 2.65. The van der Waals surface area contributed by atoms with Crippen LogP contribution in [0.15, 0.2) is 24.7 Å². The Morgan fingerprint density at radius 2 is 2.21 bits per heavy atom. The number of halogens is 1. The predicted octanol–water partition coefficient (Wildman–Crippen LogP) is 2.36. The van der Waals surface area contributed by atoms with E-state index in [1.54, 1.807) is 18.6 Å². The number of nitrogen functional groups attached to an aromatic ring is 1. The number of hydrogen-bond acceptors (Lipinski definition) is 4. The second-order valence-corrected chi connectivity index (χ2v) is 4.44. The monoisotopic (exact) mass is 225 g/mol. The quantitative estimate of drug-likeness (QED) is 0.854. The van der Waals surface area contributed by atoms with Crippen LogP contribution in [0.4, 0.5) is 5.13 Å². The minimum absolute atomic E-state index is 0.593. The van der Waals surface area contributed by atoms with E-state index in [0.717, 1.165) is 16.9 Å². The lowest BCUT2D eigenvalue weighted by molar-refractivity contribution is 1.16. The van der Waals surface area contributed by atoms with Gasteiger partial charge in [-0.05, 0) is 11.6 Å². The zero-order chi connectivity index (χ0) is 9.97. The van der Waals surface area contributed by atoms with Gasteiger partial charge in [-0.2, -0.15) is 0 Å². The first kappa shape index (κ1) is 9.43. The molecule has 2 N–H and O–H groups in total. The number of anilines is 1. The van der Waals surface area contributed by atoms with Crippen molar-refractivity contribution in [3.05, 3.63) is 40.1 Å². The molecule has 0 unspecified atom stereocenters. The summed E-state index contributed by atoms with van der Waals surface area (Å²) >= 11 is 7.30. The first-order valence-electron chi connectivity index (χ1n) is 4.03. The third-order valence-electron chi connectivity index (χ3n) is 1.71. The molecule has 2 rings (SSSR count). The molecule has 3 nitrogen and oxygen atoms in total. The summed E-state index contributed by atoms with van der Waals surface area (Å²) in [7, 11) is 0. The Morgan fingerprint density at radius 3 is 2.86 bits per heavy atom. The van der Waals surface area contributed by atoms with Crippen LogP contribution in [-0.2, 0) is 6.42 Å². The molecular formula is C9H8ClN3S. The highest BCUT2D eigenvalue weighted by atomic mass is 35.5. The van der Waals surface area contributed by atoms with Crippen molar-refractivity contribution >= 4 is 28.1 Å². The Hall–Kier alpha value is -1.13. The number of hydrogen-bond donors (Lipinski definition) is 1. The van der Waals surface area contributed by atoms with Crippen LogP contribution in [0.3, 0.4) is 0 Å². The van der Waals surface area contributed by atoms with Gasteiger partial charge < -0.3 is 5.73 Å². The summed E-state index contributed by atoms with van der Waals surface area (Å²) in [6.45, 7) is 0. The lowest BCUT2D eigenvalue weighted by Crippen LogP contribution is -1.85. The second-order valence-electron chi connectivity index (χ2n) is 2.85. The van der Waals surface area contributed by atoms with Crippen molar-refractivity contribution in [1.29, 1.82) is 0 Å². The summed E-state index contributed by atoms with van der Waals surface area (Å²) in [6, 6.07) is 1.89. The topological polar surface area (TPSA) is 51.8 Å². The lowest BCUT2D eigenvalue weighted by atomic mass is 10.2. The maximum Gasteiger partial charge on any atom is 0.180 e. The van der Waals surface area contributed by atoms with E-state index in [1.807, 2.05) is 6.07 Å². The van der Waals surface area contributed by atoms with Gasteiger partial charge in [-0.15, -0.1) is 11.3 Å². The largest absolute Gasteiger partial charge is 0.375 e. The molecule has 0 spiro atoms. The van der Waals surface area contributed by atoms with Crippen molar-refractivity contribution in [3.63, 3.8) is 0 Å². The van der Waals surface area contributed by atoms with Gasteiger partial charge in [0.2, 0.25) is 0 Å². The summed E-state index contributed by atoms with van der Waals surface area (Å²) in [5, 5.41) is 1.25. The van der Waals surface area contributed by atoms with Crippen LogP contribution in [0.25, 0.3) is 0 Å². The molecule has 5 heteroatoms. The van der Waals surface area contributed by atoms with Crippen molar-refractivity contribution in [3.8, 4) is 0 Å². The number of nitrogens with zero attached hydrogens (tertiary/aromatic N) is 2. The maximum absolute atomic E-state index is 5.82. The normalized spacial score (nSPS) is 10.4. The van der Waals surface area contributed by atoms with Gasteiger partial charge in [-0.1, -0.05) is 11.6 Å². The lowest BCUT2D eigenvalue weighted by Gasteiger charge is -1.97. The van der Waals surface area contributed by atoms with Crippen LogP contribution in [-0.4, -0.2) is 9.97 Å². The molecule has 0 radical (unpaired) electrons. The average molecular weight is 226 g/mol. The van der Waals surface area contributed by atoms with Crippen LogP contribution in [0.2, 0.25) is 5.02 Å². The molecule has 0 fully saturated rings. The van der Waals surface area contributed by atoms with Crippen LogP contribution in [0, 0.1) is 0 Å². The zero-order valence-corrected chi connectivity index (χ0v) is 8.85. The first-order chi connectivity index (χ1) is 6.74. The van der Waals surface area contributed by atoms with Gasteiger partial charge in [0.15, 0.2) is 5.13 Å². The van der Waals surface area contributed by atoms with E-state index in [1.165, 1.54) is 11.3 Å². The highest BCUT2D eigenvalue weighted by Crippen LogP contribution is 2.19. The minimum Gasteiger partial charge on any atom is -0.375 e. The molecule has 2 aromatic rings. The van der Waals surface area contributed by atoms with Crippen molar-refractivity contribution in [2.24, 2.45) is 0 Å². The van der Waals surface area contributed by atoms with Crippen molar-refractivity contribution in [1.82, 2.24) is 9.97 Å². The standard InChI is InChI=1S/C9H8ClN3S/c10-7-1-6(3-12-4-7)2-8-5-13-9(11)14-8/h1,3-5H,2H2,(H2,11,13). The average Bonchev–Trinajstić information content (AvgIpc) is 2.51. The van der Waals surface area contributed by atoms with E-state index < -0.39 is 0 Å². The van der Waals surface area contributed by atoms with E-state index in [2.05, 4.69) is 9.97 Å².